The van der Waals surface area contributed by atoms with Crippen LogP contribution < -0.4 is 9.47 Å². The number of aliphatic carboxylic acids is 1. The molecule has 0 aliphatic rings. The van der Waals surface area contributed by atoms with E-state index in [0.29, 0.717) is 17.1 Å². The zero-order valence-corrected chi connectivity index (χ0v) is 9.14. The number of carboxylic acids is 1. The molecule has 0 radical (unpaired) electrons. The molecule has 0 amide bonds. The van der Waals surface area contributed by atoms with Crippen molar-refractivity contribution in [3.8, 4) is 11.5 Å². The third-order valence-electron chi connectivity index (χ3n) is 2.29. The number of para-hydroxylation sites is 1. The van der Waals surface area contributed by atoms with E-state index in [1.807, 2.05) is 0 Å². The van der Waals surface area contributed by atoms with E-state index in [0.717, 1.165) is 0 Å². The number of methoxy groups -OCH3 is 2. The molecule has 0 aliphatic carbocycles. The first kappa shape index (κ1) is 12.3. The number of carbonyl (C=O) groups is 1. The van der Waals surface area contributed by atoms with Crippen molar-refractivity contribution >= 4 is 5.97 Å². The molecule has 0 saturated carbocycles. The summed E-state index contributed by atoms with van der Waals surface area (Å²) >= 11 is 0. The predicted octanol–water partition coefficient (Wildman–Crippen LogP) is 0.864. The molecular weight excluding hydrogens is 212 g/mol. The Balaban J connectivity index is 3.25. The summed E-state index contributed by atoms with van der Waals surface area (Å²) in [5.41, 5.74) is 0.400. The number of benzene rings is 1. The van der Waals surface area contributed by atoms with Gasteiger partial charge in [0.15, 0.2) is 11.5 Å². The Kier molecular flexibility index (Phi) is 4.13. The van der Waals surface area contributed by atoms with Crippen LogP contribution in [0.15, 0.2) is 18.2 Å². The molecule has 1 aromatic carbocycles. The highest BCUT2D eigenvalue weighted by Gasteiger charge is 2.24. The smallest absolute Gasteiger partial charge is 0.313 e. The minimum atomic E-state index is -1.10. The van der Waals surface area contributed by atoms with Gasteiger partial charge in [-0.1, -0.05) is 12.1 Å². The Bertz CT molecular complexity index is 375. The topological polar surface area (TPSA) is 76.0 Å². The van der Waals surface area contributed by atoms with Gasteiger partial charge in [0, 0.05) is 5.56 Å². The quantitative estimate of drug-likeness (QED) is 0.778. The van der Waals surface area contributed by atoms with E-state index in [4.69, 9.17) is 19.7 Å². The fourth-order valence-electron chi connectivity index (χ4n) is 1.50. The van der Waals surface area contributed by atoms with Crippen LogP contribution in [0.5, 0.6) is 11.5 Å². The molecule has 1 atom stereocenters. The molecule has 5 nitrogen and oxygen atoms in total. The Morgan fingerprint density at radius 3 is 2.50 bits per heavy atom. The lowest BCUT2D eigenvalue weighted by atomic mass is 9.99. The van der Waals surface area contributed by atoms with Gasteiger partial charge in [0.1, 0.15) is 5.92 Å². The van der Waals surface area contributed by atoms with Crippen LogP contribution in [0.3, 0.4) is 0 Å². The van der Waals surface area contributed by atoms with Crippen molar-refractivity contribution in [2.45, 2.75) is 5.92 Å². The molecule has 5 heteroatoms. The maximum atomic E-state index is 10.9. The first-order valence-corrected chi connectivity index (χ1v) is 4.70. The summed E-state index contributed by atoms with van der Waals surface area (Å²) in [6.45, 7) is -0.487. The second kappa shape index (κ2) is 5.37. The molecule has 0 bridgehead atoms. The first-order chi connectivity index (χ1) is 7.65. The van der Waals surface area contributed by atoms with Crippen molar-refractivity contribution in [2.24, 2.45) is 0 Å². The summed E-state index contributed by atoms with van der Waals surface area (Å²) in [5.74, 6) is -1.33. The molecule has 1 aromatic rings. The van der Waals surface area contributed by atoms with Gasteiger partial charge in [-0.2, -0.15) is 0 Å². The number of carboxylic acid groups (broad SMARTS) is 1. The van der Waals surface area contributed by atoms with Gasteiger partial charge < -0.3 is 19.7 Å². The zero-order valence-electron chi connectivity index (χ0n) is 9.14. The second-order valence-electron chi connectivity index (χ2n) is 3.16. The van der Waals surface area contributed by atoms with Gasteiger partial charge in [-0.25, -0.2) is 0 Å². The van der Waals surface area contributed by atoms with Gasteiger partial charge in [-0.3, -0.25) is 4.79 Å². The number of ether oxygens (including phenoxy) is 2. The summed E-state index contributed by atoms with van der Waals surface area (Å²) < 4.78 is 10.2. The van der Waals surface area contributed by atoms with Crippen molar-refractivity contribution in [3.63, 3.8) is 0 Å². The molecule has 16 heavy (non-hydrogen) atoms. The van der Waals surface area contributed by atoms with E-state index < -0.39 is 18.5 Å². The van der Waals surface area contributed by atoms with E-state index in [1.54, 1.807) is 18.2 Å². The van der Waals surface area contributed by atoms with E-state index in [2.05, 4.69) is 0 Å². The van der Waals surface area contributed by atoms with Crippen LogP contribution in [0.25, 0.3) is 0 Å². The second-order valence-corrected chi connectivity index (χ2v) is 3.16. The van der Waals surface area contributed by atoms with Gasteiger partial charge in [0.25, 0.3) is 0 Å². The molecule has 1 rings (SSSR count). The molecule has 0 fully saturated rings. The summed E-state index contributed by atoms with van der Waals surface area (Å²) in [6.07, 6.45) is 0. The van der Waals surface area contributed by atoms with Crippen LogP contribution >= 0.6 is 0 Å². The fourth-order valence-corrected chi connectivity index (χ4v) is 1.50. The first-order valence-electron chi connectivity index (χ1n) is 4.70. The van der Waals surface area contributed by atoms with Crippen LogP contribution in [-0.4, -0.2) is 37.0 Å². The van der Waals surface area contributed by atoms with Crippen molar-refractivity contribution in [3.05, 3.63) is 23.8 Å². The highest BCUT2D eigenvalue weighted by molar-refractivity contribution is 5.78. The lowest BCUT2D eigenvalue weighted by Crippen LogP contribution is -2.16. The van der Waals surface area contributed by atoms with Crippen molar-refractivity contribution in [1.29, 1.82) is 0 Å². The van der Waals surface area contributed by atoms with Gasteiger partial charge >= 0.3 is 5.97 Å². The van der Waals surface area contributed by atoms with Crippen LogP contribution in [0.1, 0.15) is 11.5 Å². The Hall–Kier alpha value is -1.75. The monoisotopic (exact) mass is 226 g/mol. The summed E-state index contributed by atoms with van der Waals surface area (Å²) in [7, 11) is 2.90. The van der Waals surface area contributed by atoms with Gasteiger partial charge in [-0.15, -0.1) is 0 Å². The number of hydrogen-bond acceptors (Lipinski definition) is 4. The van der Waals surface area contributed by atoms with Crippen molar-refractivity contribution in [1.82, 2.24) is 0 Å². The molecule has 88 valence electrons. The number of hydrogen-bond donors (Lipinski definition) is 2. The van der Waals surface area contributed by atoms with Crippen LogP contribution in [0.4, 0.5) is 0 Å². The summed E-state index contributed by atoms with van der Waals surface area (Å²) in [5, 5.41) is 18.0. The van der Waals surface area contributed by atoms with Crippen LogP contribution in [0.2, 0.25) is 0 Å². The minimum absolute atomic E-state index is 0.339. The normalized spacial score (nSPS) is 11.9. The fraction of sp³-hybridized carbons (Fsp3) is 0.364. The molecule has 0 aromatic heterocycles. The Labute approximate surface area is 93.2 Å². The highest BCUT2D eigenvalue weighted by Crippen LogP contribution is 2.35. The molecular formula is C11H14O5. The van der Waals surface area contributed by atoms with Crippen LogP contribution in [0, 0.1) is 0 Å². The van der Waals surface area contributed by atoms with Gasteiger partial charge in [-0.05, 0) is 6.07 Å². The minimum Gasteiger partial charge on any atom is -0.493 e. The maximum absolute atomic E-state index is 10.9. The summed E-state index contributed by atoms with van der Waals surface area (Å²) in [6, 6.07) is 4.91. The molecule has 0 heterocycles. The van der Waals surface area contributed by atoms with E-state index in [-0.39, 0.29) is 0 Å². The molecule has 0 saturated heterocycles. The molecule has 2 N–H and O–H groups in total. The Morgan fingerprint density at radius 1 is 1.38 bits per heavy atom. The molecule has 0 unspecified atom stereocenters. The van der Waals surface area contributed by atoms with E-state index in [1.165, 1.54) is 14.2 Å². The summed E-state index contributed by atoms with van der Waals surface area (Å²) in [4.78, 5) is 10.9. The van der Waals surface area contributed by atoms with Gasteiger partial charge in [0.05, 0.1) is 20.8 Å². The average Bonchev–Trinajstić information content (AvgIpc) is 2.29. The van der Waals surface area contributed by atoms with Crippen molar-refractivity contribution in [2.75, 3.05) is 20.8 Å². The van der Waals surface area contributed by atoms with Crippen molar-refractivity contribution < 1.29 is 24.5 Å². The average molecular weight is 226 g/mol. The van der Waals surface area contributed by atoms with E-state index in [9.17, 15) is 4.79 Å². The molecule has 0 aliphatic heterocycles. The molecule has 0 spiro atoms. The lowest BCUT2D eigenvalue weighted by Gasteiger charge is -2.16. The largest absolute Gasteiger partial charge is 0.493 e. The third kappa shape index (κ3) is 2.25. The third-order valence-corrected chi connectivity index (χ3v) is 2.29. The zero-order chi connectivity index (χ0) is 12.1. The number of aliphatic hydroxyl groups is 1. The maximum Gasteiger partial charge on any atom is 0.313 e. The number of rotatable bonds is 5. The van der Waals surface area contributed by atoms with E-state index >= 15 is 0 Å². The lowest BCUT2D eigenvalue weighted by molar-refractivity contribution is -0.139. The predicted molar refractivity (Wildman–Crippen MR) is 57.0 cm³/mol. The Morgan fingerprint density at radius 2 is 2.06 bits per heavy atom. The highest BCUT2D eigenvalue weighted by atomic mass is 16.5. The number of aliphatic hydroxyl groups excluding tert-OH is 1. The SMILES string of the molecule is COc1cccc([C@@H](CO)C(=O)O)c1OC. The van der Waals surface area contributed by atoms with Gasteiger partial charge in [0.2, 0.25) is 0 Å². The van der Waals surface area contributed by atoms with Crippen LogP contribution in [-0.2, 0) is 4.79 Å². The standard InChI is InChI=1S/C11H14O5/c1-15-9-5-3-4-7(10(9)16-2)8(6-12)11(13)14/h3-5,8,12H,6H2,1-2H3,(H,13,14)/t8-/m1/s1.